The van der Waals surface area contributed by atoms with Gasteiger partial charge in [0, 0.05) is 12.1 Å². The molecule has 112 valence electrons. The molecule has 3 heteroatoms. The summed E-state index contributed by atoms with van der Waals surface area (Å²) in [5.41, 5.74) is -0.340. The fourth-order valence-corrected chi connectivity index (χ4v) is 2.72. The third-order valence-corrected chi connectivity index (χ3v) is 4.94. The van der Waals surface area contributed by atoms with E-state index in [0.717, 1.165) is 12.8 Å². The van der Waals surface area contributed by atoms with Gasteiger partial charge in [0.05, 0.1) is 12.0 Å². The largest absolute Gasteiger partial charge is 0.465 e. The molecule has 0 bridgehead atoms. The van der Waals surface area contributed by atoms with Crippen molar-refractivity contribution in [3.05, 3.63) is 0 Å². The Morgan fingerprint density at radius 2 is 1.79 bits per heavy atom. The van der Waals surface area contributed by atoms with Crippen molar-refractivity contribution < 1.29 is 9.53 Å². The Balaban J connectivity index is 2.32. The van der Waals surface area contributed by atoms with Crippen LogP contribution in [-0.4, -0.2) is 36.6 Å². The van der Waals surface area contributed by atoms with E-state index in [1.54, 1.807) is 0 Å². The topological polar surface area (TPSA) is 29.5 Å². The summed E-state index contributed by atoms with van der Waals surface area (Å²) in [5.74, 6) is 0.641. The molecule has 2 unspecified atom stereocenters. The van der Waals surface area contributed by atoms with Crippen LogP contribution in [0.5, 0.6) is 0 Å². The van der Waals surface area contributed by atoms with Crippen LogP contribution >= 0.6 is 0 Å². The number of nitrogens with zero attached hydrogens (tertiary/aromatic N) is 1. The van der Waals surface area contributed by atoms with Crippen molar-refractivity contribution in [2.45, 2.75) is 72.4 Å². The first-order valence-electron chi connectivity index (χ1n) is 7.67. The van der Waals surface area contributed by atoms with E-state index in [2.05, 4.69) is 25.8 Å². The summed E-state index contributed by atoms with van der Waals surface area (Å²) >= 11 is 0. The van der Waals surface area contributed by atoms with Crippen molar-refractivity contribution in [2.75, 3.05) is 13.7 Å². The van der Waals surface area contributed by atoms with E-state index < -0.39 is 0 Å². The van der Waals surface area contributed by atoms with Gasteiger partial charge in [-0.05, 0) is 66.3 Å². The van der Waals surface area contributed by atoms with Crippen LogP contribution in [0.2, 0.25) is 0 Å². The molecule has 0 radical (unpaired) electrons. The van der Waals surface area contributed by atoms with E-state index in [1.165, 1.54) is 12.8 Å². The standard InChI is InChI=1S/C16H31NO2/c1-7-16(4,5)15(18)19-9-8-14-10-12(2)17(6)13(3)11-14/h12-14H,7-11H2,1-6H3. The van der Waals surface area contributed by atoms with Crippen LogP contribution in [0.1, 0.15) is 60.3 Å². The molecule has 0 saturated carbocycles. The zero-order valence-electron chi connectivity index (χ0n) is 13.5. The van der Waals surface area contributed by atoms with E-state index in [-0.39, 0.29) is 11.4 Å². The number of esters is 1. The summed E-state index contributed by atoms with van der Waals surface area (Å²) < 4.78 is 5.45. The van der Waals surface area contributed by atoms with Gasteiger partial charge in [0.1, 0.15) is 0 Å². The van der Waals surface area contributed by atoms with E-state index in [1.807, 2.05) is 20.8 Å². The maximum atomic E-state index is 11.9. The highest BCUT2D eigenvalue weighted by molar-refractivity contribution is 5.75. The van der Waals surface area contributed by atoms with Crippen LogP contribution in [0.3, 0.4) is 0 Å². The molecule has 2 atom stereocenters. The second-order valence-electron chi connectivity index (χ2n) is 6.86. The zero-order valence-corrected chi connectivity index (χ0v) is 13.5. The first kappa shape index (κ1) is 16.5. The van der Waals surface area contributed by atoms with Gasteiger partial charge in [-0.2, -0.15) is 0 Å². The predicted octanol–water partition coefficient (Wildman–Crippen LogP) is 3.47. The monoisotopic (exact) mass is 269 g/mol. The number of rotatable bonds is 5. The molecule has 0 spiro atoms. The van der Waals surface area contributed by atoms with Crippen LogP contribution in [0, 0.1) is 11.3 Å². The van der Waals surface area contributed by atoms with Crippen LogP contribution < -0.4 is 0 Å². The summed E-state index contributed by atoms with van der Waals surface area (Å²) in [5, 5.41) is 0. The molecule has 1 fully saturated rings. The van der Waals surface area contributed by atoms with E-state index in [0.29, 0.717) is 24.6 Å². The molecule has 0 aromatic rings. The summed E-state index contributed by atoms with van der Waals surface area (Å²) in [6.45, 7) is 11.1. The van der Waals surface area contributed by atoms with E-state index >= 15 is 0 Å². The Morgan fingerprint density at radius 3 is 2.26 bits per heavy atom. The number of hydrogen-bond acceptors (Lipinski definition) is 3. The van der Waals surface area contributed by atoms with Crippen LogP contribution in [0.25, 0.3) is 0 Å². The van der Waals surface area contributed by atoms with Gasteiger partial charge in [-0.3, -0.25) is 4.79 Å². The number of carbonyl (C=O) groups excluding carboxylic acids is 1. The highest BCUT2D eigenvalue weighted by atomic mass is 16.5. The summed E-state index contributed by atoms with van der Waals surface area (Å²) in [6.07, 6.45) is 4.27. The lowest BCUT2D eigenvalue weighted by Crippen LogP contribution is -2.44. The van der Waals surface area contributed by atoms with Crippen LogP contribution in [-0.2, 0) is 9.53 Å². The maximum absolute atomic E-state index is 11.9. The molecule has 0 N–H and O–H groups in total. The van der Waals surface area contributed by atoms with Crippen molar-refractivity contribution in [3.63, 3.8) is 0 Å². The van der Waals surface area contributed by atoms with Crippen LogP contribution in [0.15, 0.2) is 0 Å². The third-order valence-electron chi connectivity index (χ3n) is 4.94. The molecule has 3 nitrogen and oxygen atoms in total. The lowest BCUT2D eigenvalue weighted by molar-refractivity contribution is -0.154. The SMILES string of the molecule is CCC(C)(C)C(=O)OCCC1CC(C)N(C)C(C)C1. The minimum absolute atomic E-state index is 0.0518. The van der Waals surface area contributed by atoms with Gasteiger partial charge in [-0.15, -0.1) is 0 Å². The Bertz CT molecular complexity index is 289. The molecule has 0 aromatic carbocycles. The smallest absolute Gasteiger partial charge is 0.311 e. The number of piperidine rings is 1. The quantitative estimate of drug-likeness (QED) is 0.716. The van der Waals surface area contributed by atoms with Crippen LogP contribution in [0.4, 0.5) is 0 Å². The normalized spacial score (nSPS) is 29.3. The Morgan fingerprint density at radius 1 is 1.26 bits per heavy atom. The molecule has 1 aliphatic rings. The van der Waals surface area contributed by atoms with Gasteiger partial charge in [-0.1, -0.05) is 6.92 Å². The molecule has 1 heterocycles. The number of hydrogen-bond donors (Lipinski definition) is 0. The molecular formula is C16H31NO2. The molecule has 0 amide bonds. The maximum Gasteiger partial charge on any atom is 0.311 e. The predicted molar refractivity (Wildman–Crippen MR) is 79.1 cm³/mol. The fraction of sp³-hybridized carbons (Fsp3) is 0.938. The van der Waals surface area contributed by atoms with Gasteiger partial charge in [0.15, 0.2) is 0 Å². The summed E-state index contributed by atoms with van der Waals surface area (Å²) in [4.78, 5) is 14.3. The second-order valence-corrected chi connectivity index (χ2v) is 6.86. The molecule has 0 aliphatic carbocycles. The highest BCUT2D eigenvalue weighted by Gasteiger charge is 2.30. The van der Waals surface area contributed by atoms with Gasteiger partial charge >= 0.3 is 5.97 Å². The highest BCUT2D eigenvalue weighted by Crippen LogP contribution is 2.29. The Hall–Kier alpha value is -0.570. The summed E-state index contributed by atoms with van der Waals surface area (Å²) in [6, 6.07) is 1.27. The van der Waals surface area contributed by atoms with Crippen molar-refractivity contribution in [2.24, 2.45) is 11.3 Å². The second kappa shape index (κ2) is 6.74. The number of ether oxygens (including phenoxy) is 1. The van der Waals surface area contributed by atoms with Gasteiger partial charge in [0.25, 0.3) is 0 Å². The lowest BCUT2D eigenvalue weighted by Gasteiger charge is -2.40. The van der Waals surface area contributed by atoms with Crippen molar-refractivity contribution in [1.29, 1.82) is 0 Å². The number of carbonyl (C=O) groups is 1. The third kappa shape index (κ3) is 4.48. The first-order chi connectivity index (χ1) is 8.77. The molecule has 1 saturated heterocycles. The molecule has 1 rings (SSSR count). The summed E-state index contributed by atoms with van der Waals surface area (Å²) in [7, 11) is 2.20. The Kier molecular flexibility index (Phi) is 5.84. The fourth-order valence-electron chi connectivity index (χ4n) is 2.72. The van der Waals surface area contributed by atoms with Gasteiger partial charge < -0.3 is 9.64 Å². The number of likely N-dealkylation sites (tertiary alicyclic amines) is 1. The molecular weight excluding hydrogens is 238 g/mol. The van der Waals surface area contributed by atoms with Gasteiger partial charge in [-0.25, -0.2) is 0 Å². The van der Waals surface area contributed by atoms with Gasteiger partial charge in [0.2, 0.25) is 0 Å². The molecule has 0 aromatic heterocycles. The Labute approximate surface area is 118 Å². The molecule has 1 aliphatic heterocycles. The zero-order chi connectivity index (χ0) is 14.6. The molecule has 19 heavy (non-hydrogen) atoms. The minimum atomic E-state index is -0.340. The van der Waals surface area contributed by atoms with Crippen molar-refractivity contribution in [3.8, 4) is 0 Å². The first-order valence-corrected chi connectivity index (χ1v) is 7.67. The minimum Gasteiger partial charge on any atom is -0.465 e. The average molecular weight is 269 g/mol. The average Bonchev–Trinajstić information content (AvgIpc) is 2.35. The lowest BCUT2D eigenvalue weighted by atomic mass is 9.85. The van der Waals surface area contributed by atoms with Crippen molar-refractivity contribution in [1.82, 2.24) is 4.90 Å². The van der Waals surface area contributed by atoms with Crippen molar-refractivity contribution >= 4 is 5.97 Å². The van der Waals surface area contributed by atoms with E-state index in [4.69, 9.17) is 4.74 Å². The van der Waals surface area contributed by atoms with E-state index in [9.17, 15) is 4.79 Å².